The molecule has 1 aromatic heterocycles. The van der Waals surface area contributed by atoms with Crippen LogP contribution in [0.15, 0.2) is 72.8 Å². The summed E-state index contributed by atoms with van der Waals surface area (Å²) in [6, 6.07) is 25.8. The minimum atomic E-state index is 0.535. The molecule has 0 aliphatic rings. The Hall–Kier alpha value is -3.13. The highest BCUT2D eigenvalue weighted by Crippen LogP contribution is 2.35. The second kappa shape index (κ2) is 5.70. The summed E-state index contributed by atoms with van der Waals surface area (Å²) in [4.78, 5) is 8.56. The van der Waals surface area contributed by atoms with E-state index in [0.29, 0.717) is 5.92 Å². The fourth-order valence-electron chi connectivity index (χ4n) is 3.79. The van der Waals surface area contributed by atoms with E-state index in [1.807, 2.05) is 0 Å². The molecular weight excluding hydrogens is 316 g/mol. The Kier molecular flexibility index (Phi) is 3.32. The number of rotatable bonds is 2. The molecule has 0 saturated heterocycles. The fraction of sp³-hybridized carbons (Fsp3) is 0.125. The van der Waals surface area contributed by atoms with Gasteiger partial charge in [-0.3, -0.25) is 0 Å². The summed E-state index contributed by atoms with van der Waals surface area (Å²) in [6.07, 6.45) is 0. The van der Waals surface area contributed by atoms with Crippen LogP contribution in [0.3, 0.4) is 0 Å². The minimum Gasteiger partial charge on any atom is -0.337 e. The zero-order chi connectivity index (χ0) is 17.7. The molecule has 1 heterocycles. The van der Waals surface area contributed by atoms with Crippen molar-refractivity contribution in [1.82, 2.24) is 9.97 Å². The molecule has 2 heteroatoms. The van der Waals surface area contributed by atoms with Crippen molar-refractivity contribution in [2.45, 2.75) is 19.8 Å². The van der Waals surface area contributed by atoms with Crippen LogP contribution in [0.4, 0.5) is 0 Å². The van der Waals surface area contributed by atoms with E-state index in [9.17, 15) is 0 Å². The third kappa shape index (κ3) is 2.22. The summed E-state index contributed by atoms with van der Waals surface area (Å²) in [6.45, 7) is 4.43. The van der Waals surface area contributed by atoms with Gasteiger partial charge in [0.15, 0.2) is 0 Å². The molecule has 26 heavy (non-hydrogen) atoms. The molecule has 0 radical (unpaired) electrons. The minimum absolute atomic E-state index is 0.535. The van der Waals surface area contributed by atoms with E-state index >= 15 is 0 Å². The molecule has 0 fully saturated rings. The maximum absolute atomic E-state index is 4.98. The first-order chi connectivity index (χ1) is 12.7. The topological polar surface area (TPSA) is 28.7 Å². The summed E-state index contributed by atoms with van der Waals surface area (Å²) in [5.41, 5.74) is 4.63. The molecule has 5 aromatic rings. The lowest BCUT2D eigenvalue weighted by Gasteiger charge is -2.05. The van der Waals surface area contributed by atoms with Crippen molar-refractivity contribution < 1.29 is 0 Å². The molecule has 2 nitrogen and oxygen atoms in total. The van der Waals surface area contributed by atoms with E-state index in [0.717, 1.165) is 22.4 Å². The highest BCUT2D eigenvalue weighted by molar-refractivity contribution is 6.23. The summed E-state index contributed by atoms with van der Waals surface area (Å²) in [5.74, 6) is 1.46. The van der Waals surface area contributed by atoms with E-state index in [2.05, 4.69) is 91.6 Å². The smallest absolute Gasteiger partial charge is 0.138 e. The number of benzene rings is 4. The number of aromatic nitrogens is 2. The van der Waals surface area contributed by atoms with Crippen LogP contribution in [-0.2, 0) is 0 Å². The molecule has 0 atom stereocenters. The van der Waals surface area contributed by atoms with Crippen molar-refractivity contribution in [3.63, 3.8) is 0 Å². The van der Waals surface area contributed by atoms with E-state index in [1.54, 1.807) is 0 Å². The van der Waals surface area contributed by atoms with Crippen molar-refractivity contribution in [2.24, 2.45) is 0 Å². The van der Waals surface area contributed by atoms with Gasteiger partial charge in [0.2, 0.25) is 0 Å². The molecular formula is C24H20N2. The van der Waals surface area contributed by atoms with Crippen molar-refractivity contribution in [3.8, 4) is 11.4 Å². The van der Waals surface area contributed by atoms with Crippen molar-refractivity contribution >= 4 is 32.6 Å². The lowest BCUT2D eigenvalue weighted by atomic mass is 10.0. The molecule has 0 saturated carbocycles. The van der Waals surface area contributed by atoms with Gasteiger partial charge in [0.1, 0.15) is 5.82 Å². The van der Waals surface area contributed by atoms with E-state index in [1.165, 1.54) is 27.1 Å². The number of imidazole rings is 1. The third-order valence-corrected chi connectivity index (χ3v) is 5.22. The van der Waals surface area contributed by atoms with Crippen molar-refractivity contribution in [3.05, 3.63) is 78.4 Å². The molecule has 0 spiro atoms. The fourth-order valence-corrected chi connectivity index (χ4v) is 3.79. The number of fused-ring (bicyclic) bond motifs is 6. The first kappa shape index (κ1) is 15.2. The van der Waals surface area contributed by atoms with Gasteiger partial charge in [0, 0.05) is 16.3 Å². The molecule has 126 valence electrons. The molecule has 0 amide bonds. The van der Waals surface area contributed by atoms with Gasteiger partial charge >= 0.3 is 0 Å². The normalized spacial score (nSPS) is 11.8. The van der Waals surface area contributed by atoms with Crippen LogP contribution < -0.4 is 0 Å². The number of nitrogens with zero attached hydrogens (tertiary/aromatic N) is 1. The average Bonchev–Trinajstić information content (AvgIpc) is 3.14. The predicted octanol–water partition coefficient (Wildman–Crippen LogP) is 6.66. The van der Waals surface area contributed by atoms with Gasteiger partial charge in [-0.15, -0.1) is 0 Å². The summed E-state index contributed by atoms with van der Waals surface area (Å²) in [7, 11) is 0. The summed E-state index contributed by atoms with van der Waals surface area (Å²) in [5, 5.41) is 4.94. The molecule has 1 N–H and O–H groups in total. The largest absolute Gasteiger partial charge is 0.337 e. The monoisotopic (exact) mass is 336 g/mol. The SMILES string of the molecule is CC(C)c1ccc(-c2nc3c4ccccc4c4ccccc4c3[nH]2)cc1. The number of nitrogens with one attached hydrogen (secondary N) is 1. The second-order valence-electron chi connectivity index (χ2n) is 7.18. The Morgan fingerprint density at radius 1 is 0.692 bits per heavy atom. The number of aromatic amines is 1. The second-order valence-corrected chi connectivity index (χ2v) is 7.18. The van der Waals surface area contributed by atoms with Crippen molar-refractivity contribution in [2.75, 3.05) is 0 Å². The van der Waals surface area contributed by atoms with Crippen LogP contribution in [0, 0.1) is 0 Å². The first-order valence-electron chi connectivity index (χ1n) is 9.12. The van der Waals surface area contributed by atoms with Crippen LogP contribution in [0.1, 0.15) is 25.3 Å². The predicted molar refractivity (Wildman–Crippen MR) is 111 cm³/mol. The molecule has 5 rings (SSSR count). The zero-order valence-corrected chi connectivity index (χ0v) is 15.0. The molecule has 0 unspecified atom stereocenters. The standard InChI is InChI=1S/C24H20N2/c1-15(2)16-11-13-17(14-12-16)24-25-22-20-9-5-3-7-18(20)19-8-4-6-10-21(19)23(22)26-24/h3-15H,1-2H3,(H,25,26). The Morgan fingerprint density at radius 3 is 1.92 bits per heavy atom. The van der Waals surface area contributed by atoms with Crippen LogP contribution in [-0.4, -0.2) is 9.97 Å². The van der Waals surface area contributed by atoms with Crippen molar-refractivity contribution in [1.29, 1.82) is 0 Å². The quantitative estimate of drug-likeness (QED) is 0.359. The molecule has 0 bridgehead atoms. The Morgan fingerprint density at radius 2 is 1.27 bits per heavy atom. The van der Waals surface area contributed by atoms with Crippen LogP contribution >= 0.6 is 0 Å². The zero-order valence-electron chi connectivity index (χ0n) is 15.0. The first-order valence-corrected chi connectivity index (χ1v) is 9.12. The van der Waals surface area contributed by atoms with E-state index in [-0.39, 0.29) is 0 Å². The Labute approximate surface area is 152 Å². The molecule has 4 aromatic carbocycles. The van der Waals surface area contributed by atoms with Crippen LogP contribution in [0.2, 0.25) is 0 Å². The van der Waals surface area contributed by atoms with Gasteiger partial charge in [-0.25, -0.2) is 4.98 Å². The maximum Gasteiger partial charge on any atom is 0.138 e. The highest BCUT2D eigenvalue weighted by Gasteiger charge is 2.13. The lowest BCUT2D eigenvalue weighted by Crippen LogP contribution is -1.87. The van der Waals surface area contributed by atoms with Gasteiger partial charge in [-0.1, -0.05) is 86.6 Å². The number of hydrogen-bond acceptors (Lipinski definition) is 1. The van der Waals surface area contributed by atoms with Gasteiger partial charge in [0.25, 0.3) is 0 Å². The van der Waals surface area contributed by atoms with Gasteiger partial charge in [-0.2, -0.15) is 0 Å². The lowest BCUT2D eigenvalue weighted by molar-refractivity contribution is 0.867. The number of H-pyrrole nitrogens is 1. The van der Waals surface area contributed by atoms with Gasteiger partial charge in [-0.05, 0) is 22.3 Å². The van der Waals surface area contributed by atoms with E-state index in [4.69, 9.17) is 4.98 Å². The Balaban J connectivity index is 1.82. The van der Waals surface area contributed by atoms with E-state index < -0.39 is 0 Å². The van der Waals surface area contributed by atoms with Crippen LogP contribution in [0.5, 0.6) is 0 Å². The van der Waals surface area contributed by atoms with Crippen LogP contribution in [0.25, 0.3) is 44.0 Å². The third-order valence-electron chi connectivity index (χ3n) is 5.22. The molecule has 0 aliphatic carbocycles. The van der Waals surface area contributed by atoms with Gasteiger partial charge < -0.3 is 4.98 Å². The summed E-state index contributed by atoms with van der Waals surface area (Å²) < 4.78 is 0. The highest BCUT2D eigenvalue weighted by atomic mass is 14.9. The maximum atomic E-state index is 4.98. The average molecular weight is 336 g/mol. The Bertz CT molecular complexity index is 1170. The number of hydrogen-bond donors (Lipinski definition) is 1. The summed E-state index contributed by atoms with van der Waals surface area (Å²) >= 11 is 0. The van der Waals surface area contributed by atoms with Gasteiger partial charge in [0.05, 0.1) is 11.0 Å². The molecule has 0 aliphatic heterocycles.